The van der Waals surface area contributed by atoms with E-state index in [4.69, 9.17) is 4.74 Å². The van der Waals surface area contributed by atoms with Gasteiger partial charge in [-0.05, 0) is 13.3 Å². The van der Waals surface area contributed by atoms with Crippen LogP contribution in [0.3, 0.4) is 0 Å². The maximum absolute atomic E-state index is 5.27. The summed E-state index contributed by atoms with van der Waals surface area (Å²) in [5.74, 6) is 0.944. The van der Waals surface area contributed by atoms with Gasteiger partial charge in [0.25, 0.3) is 0 Å². The van der Waals surface area contributed by atoms with E-state index in [0.29, 0.717) is 0 Å². The lowest BCUT2D eigenvalue weighted by atomic mass is 10.2. The molecule has 0 atom stereocenters. The summed E-state index contributed by atoms with van der Waals surface area (Å²) in [6.45, 7) is 8.12. The molecule has 0 unspecified atom stereocenters. The largest absolute Gasteiger partial charge is 0.493 e. The molecule has 82 valence electrons. The highest BCUT2D eigenvalue weighted by atomic mass is 16.5. The van der Waals surface area contributed by atoms with Crippen LogP contribution in [0.2, 0.25) is 0 Å². The maximum atomic E-state index is 5.27. The first-order valence-electron chi connectivity index (χ1n) is 5.27. The average Bonchev–Trinajstić information content (AvgIpc) is 2.45. The topological polar surface area (TPSA) is 27.1 Å². The van der Waals surface area contributed by atoms with Crippen molar-refractivity contribution < 1.29 is 4.74 Å². The van der Waals surface area contributed by atoms with Crippen molar-refractivity contribution in [3.63, 3.8) is 0 Å². The van der Waals surface area contributed by atoms with Gasteiger partial charge in [-0.1, -0.05) is 27.2 Å². The molecule has 0 aliphatic heterocycles. The summed E-state index contributed by atoms with van der Waals surface area (Å²) in [6, 6.07) is 0. The molecular weight excluding hydrogens is 176 g/mol. The molecule has 0 amide bonds. The van der Waals surface area contributed by atoms with Gasteiger partial charge in [0.2, 0.25) is 0 Å². The van der Waals surface area contributed by atoms with Gasteiger partial charge in [-0.25, -0.2) is 0 Å². The number of hydrogen-bond donors (Lipinski definition) is 0. The third kappa shape index (κ3) is 2.76. The molecule has 1 aromatic rings. The van der Waals surface area contributed by atoms with Crippen molar-refractivity contribution in [1.29, 1.82) is 0 Å². The summed E-state index contributed by atoms with van der Waals surface area (Å²) in [5.41, 5.74) is 2.17. The van der Waals surface area contributed by atoms with Crippen LogP contribution in [0.25, 0.3) is 0 Å². The first-order valence-corrected chi connectivity index (χ1v) is 5.27. The lowest BCUT2D eigenvalue weighted by molar-refractivity contribution is 0.405. The van der Waals surface area contributed by atoms with Crippen LogP contribution in [-0.4, -0.2) is 16.9 Å². The Morgan fingerprint density at radius 1 is 1.36 bits per heavy atom. The van der Waals surface area contributed by atoms with Gasteiger partial charge in [0.1, 0.15) is 5.69 Å². The van der Waals surface area contributed by atoms with Gasteiger partial charge in [-0.3, -0.25) is 4.68 Å². The number of hydrogen-bond acceptors (Lipinski definition) is 2. The van der Waals surface area contributed by atoms with Crippen molar-refractivity contribution in [3.8, 4) is 5.75 Å². The molecule has 0 spiro atoms. The Bertz CT molecular complexity index is 266. The smallest absolute Gasteiger partial charge is 0.162 e. The molecule has 0 bridgehead atoms. The Morgan fingerprint density at radius 2 is 1.93 bits per heavy atom. The van der Waals surface area contributed by atoms with Gasteiger partial charge in [0, 0.05) is 7.05 Å². The monoisotopic (exact) mass is 198 g/mol. The lowest BCUT2D eigenvalue weighted by Crippen LogP contribution is -1.98. The van der Waals surface area contributed by atoms with Gasteiger partial charge in [-0.2, -0.15) is 5.10 Å². The van der Waals surface area contributed by atoms with Crippen LogP contribution in [0, 0.1) is 6.92 Å². The number of aromatic nitrogens is 2. The summed E-state index contributed by atoms with van der Waals surface area (Å²) >= 11 is 0. The van der Waals surface area contributed by atoms with Crippen molar-refractivity contribution in [3.05, 3.63) is 11.4 Å². The zero-order valence-electron chi connectivity index (χ0n) is 10.2. The van der Waals surface area contributed by atoms with Gasteiger partial charge in [-0.15, -0.1) is 0 Å². The standard InChI is InChI=1S/C9H16N2O.C2H6/c1-5-6-8-9(12-4)7(2)10-11(8)3;1-2/h5-6H2,1-4H3;1-2H3. The molecule has 1 rings (SSSR count). The van der Waals surface area contributed by atoms with Crippen LogP contribution < -0.4 is 4.74 Å². The van der Waals surface area contributed by atoms with Crippen molar-refractivity contribution in [1.82, 2.24) is 9.78 Å². The van der Waals surface area contributed by atoms with Crippen LogP contribution in [0.4, 0.5) is 0 Å². The Morgan fingerprint density at radius 3 is 2.36 bits per heavy atom. The van der Waals surface area contributed by atoms with Crippen molar-refractivity contribution >= 4 is 0 Å². The second kappa shape index (κ2) is 6.46. The second-order valence-corrected chi connectivity index (χ2v) is 2.94. The van der Waals surface area contributed by atoms with E-state index in [1.165, 1.54) is 5.69 Å². The van der Waals surface area contributed by atoms with Crippen LogP contribution in [-0.2, 0) is 13.5 Å². The predicted molar refractivity (Wildman–Crippen MR) is 59.8 cm³/mol. The Hall–Kier alpha value is -0.990. The zero-order valence-corrected chi connectivity index (χ0v) is 10.2. The van der Waals surface area contributed by atoms with Gasteiger partial charge in [0.05, 0.1) is 12.8 Å². The molecule has 14 heavy (non-hydrogen) atoms. The van der Waals surface area contributed by atoms with Crippen LogP contribution >= 0.6 is 0 Å². The summed E-state index contributed by atoms with van der Waals surface area (Å²) in [4.78, 5) is 0. The van der Waals surface area contributed by atoms with Crippen LogP contribution in [0.15, 0.2) is 0 Å². The first kappa shape index (κ1) is 13.0. The maximum Gasteiger partial charge on any atom is 0.162 e. The Kier molecular flexibility index (Phi) is 6.00. The first-order chi connectivity index (χ1) is 6.70. The van der Waals surface area contributed by atoms with E-state index in [-0.39, 0.29) is 0 Å². The molecule has 0 radical (unpaired) electrons. The van der Waals surface area contributed by atoms with E-state index in [1.807, 2.05) is 32.5 Å². The number of aryl methyl sites for hydroxylation is 2. The minimum absolute atomic E-state index is 0.944. The number of ether oxygens (including phenoxy) is 1. The predicted octanol–water partition coefficient (Wildman–Crippen LogP) is 2.72. The molecule has 3 nitrogen and oxygen atoms in total. The zero-order chi connectivity index (χ0) is 11.1. The number of nitrogens with zero attached hydrogens (tertiary/aromatic N) is 2. The Balaban J connectivity index is 0.000000791. The van der Waals surface area contributed by atoms with Crippen LogP contribution in [0.1, 0.15) is 38.6 Å². The van der Waals surface area contributed by atoms with Gasteiger partial charge >= 0.3 is 0 Å². The second-order valence-electron chi connectivity index (χ2n) is 2.94. The quantitative estimate of drug-likeness (QED) is 0.746. The molecular formula is C11H22N2O. The molecule has 0 aliphatic carbocycles. The molecule has 0 N–H and O–H groups in total. The van der Waals surface area contributed by atoms with E-state index >= 15 is 0 Å². The van der Waals surface area contributed by atoms with E-state index in [2.05, 4.69) is 12.0 Å². The van der Waals surface area contributed by atoms with E-state index in [1.54, 1.807) is 7.11 Å². The summed E-state index contributed by atoms with van der Waals surface area (Å²) in [5, 5.41) is 4.29. The van der Waals surface area contributed by atoms with Crippen molar-refractivity contribution in [2.75, 3.05) is 7.11 Å². The minimum atomic E-state index is 0.944. The summed E-state index contributed by atoms with van der Waals surface area (Å²) in [7, 11) is 3.66. The Labute approximate surface area is 87.1 Å². The molecule has 0 fully saturated rings. The third-order valence-electron chi connectivity index (χ3n) is 1.97. The van der Waals surface area contributed by atoms with E-state index < -0.39 is 0 Å². The minimum Gasteiger partial charge on any atom is -0.493 e. The fraction of sp³-hybridized carbons (Fsp3) is 0.727. The van der Waals surface area contributed by atoms with Gasteiger partial charge < -0.3 is 4.74 Å². The highest BCUT2D eigenvalue weighted by molar-refractivity contribution is 5.32. The summed E-state index contributed by atoms with van der Waals surface area (Å²) in [6.07, 6.45) is 2.15. The molecule has 1 aromatic heterocycles. The van der Waals surface area contributed by atoms with E-state index in [9.17, 15) is 0 Å². The molecule has 1 heterocycles. The molecule has 3 heteroatoms. The molecule has 0 aliphatic rings. The van der Waals surface area contributed by atoms with E-state index in [0.717, 1.165) is 24.3 Å². The highest BCUT2D eigenvalue weighted by Crippen LogP contribution is 2.22. The number of methoxy groups -OCH3 is 1. The molecule has 0 saturated carbocycles. The fourth-order valence-electron chi connectivity index (χ4n) is 1.46. The van der Waals surface area contributed by atoms with Crippen LogP contribution in [0.5, 0.6) is 5.75 Å². The normalized spacial score (nSPS) is 9.29. The molecule has 0 saturated heterocycles. The average molecular weight is 198 g/mol. The number of rotatable bonds is 3. The van der Waals surface area contributed by atoms with Gasteiger partial charge in [0.15, 0.2) is 5.75 Å². The molecule has 0 aromatic carbocycles. The summed E-state index contributed by atoms with van der Waals surface area (Å²) < 4.78 is 7.17. The van der Waals surface area contributed by atoms with Crippen molar-refractivity contribution in [2.24, 2.45) is 7.05 Å². The lowest BCUT2D eigenvalue weighted by Gasteiger charge is -2.02. The fourth-order valence-corrected chi connectivity index (χ4v) is 1.46. The SMILES string of the molecule is CC.CCCc1c(OC)c(C)nn1C. The third-order valence-corrected chi connectivity index (χ3v) is 1.97. The van der Waals surface area contributed by atoms with Crippen molar-refractivity contribution in [2.45, 2.75) is 40.5 Å². The highest BCUT2D eigenvalue weighted by Gasteiger charge is 2.11.